The molecule has 0 radical (unpaired) electrons. The fraction of sp³-hybridized carbons (Fsp3) is 0.118. The second kappa shape index (κ2) is 5.60. The van der Waals surface area contributed by atoms with Gasteiger partial charge in [0.2, 0.25) is 0 Å². The van der Waals surface area contributed by atoms with Crippen molar-refractivity contribution in [1.29, 1.82) is 5.26 Å². The Bertz CT molecular complexity index is 765. The van der Waals surface area contributed by atoms with Crippen LogP contribution in [-0.2, 0) is 13.1 Å². The van der Waals surface area contributed by atoms with Crippen LogP contribution in [0.5, 0.6) is 0 Å². The van der Waals surface area contributed by atoms with Gasteiger partial charge in [-0.05, 0) is 29.3 Å². The number of nitriles is 1. The zero-order valence-corrected chi connectivity index (χ0v) is 11.1. The number of para-hydroxylation sites is 1. The minimum Gasteiger partial charge on any atom is -0.361 e. The van der Waals surface area contributed by atoms with Crippen molar-refractivity contribution >= 4 is 10.9 Å². The quantitative estimate of drug-likeness (QED) is 0.757. The molecule has 3 heteroatoms. The van der Waals surface area contributed by atoms with Crippen molar-refractivity contribution in [3.8, 4) is 6.07 Å². The molecule has 3 aromatic rings. The maximum Gasteiger partial charge on any atom is 0.0991 e. The van der Waals surface area contributed by atoms with E-state index in [4.69, 9.17) is 5.26 Å². The van der Waals surface area contributed by atoms with Crippen LogP contribution in [-0.4, -0.2) is 4.98 Å². The summed E-state index contributed by atoms with van der Waals surface area (Å²) in [4.78, 5) is 3.27. The smallest absolute Gasteiger partial charge is 0.0991 e. The second-order valence-electron chi connectivity index (χ2n) is 4.78. The molecule has 0 unspecified atom stereocenters. The molecule has 3 rings (SSSR count). The molecule has 0 bridgehead atoms. The predicted molar refractivity (Wildman–Crippen MR) is 80.0 cm³/mol. The van der Waals surface area contributed by atoms with Gasteiger partial charge in [-0.3, -0.25) is 0 Å². The number of hydrogen-bond donors (Lipinski definition) is 2. The number of nitrogens with one attached hydrogen (secondary N) is 2. The Morgan fingerprint density at radius 2 is 1.95 bits per heavy atom. The number of aromatic nitrogens is 1. The molecule has 0 saturated heterocycles. The summed E-state index contributed by atoms with van der Waals surface area (Å²) in [5, 5.41) is 13.6. The molecule has 2 aromatic carbocycles. The molecule has 98 valence electrons. The highest BCUT2D eigenvalue weighted by atomic mass is 14.9. The van der Waals surface area contributed by atoms with Crippen molar-refractivity contribution in [2.24, 2.45) is 0 Å². The van der Waals surface area contributed by atoms with E-state index in [9.17, 15) is 0 Å². The molecular formula is C17H15N3. The van der Waals surface area contributed by atoms with Crippen molar-refractivity contribution in [3.05, 3.63) is 71.4 Å². The highest BCUT2D eigenvalue weighted by Gasteiger charge is 2.02. The Morgan fingerprint density at radius 3 is 2.85 bits per heavy atom. The molecular weight excluding hydrogens is 246 g/mol. The molecule has 0 spiro atoms. The lowest BCUT2D eigenvalue weighted by atomic mass is 10.1. The maximum absolute atomic E-state index is 8.88. The number of nitrogens with zero attached hydrogens (tertiary/aromatic N) is 1. The fourth-order valence-corrected chi connectivity index (χ4v) is 2.37. The van der Waals surface area contributed by atoms with Gasteiger partial charge in [-0.2, -0.15) is 5.26 Å². The van der Waals surface area contributed by atoms with Crippen molar-refractivity contribution in [2.45, 2.75) is 13.1 Å². The van der Waals surface area contributed by atoms with Crippen LogP contribution in [0.15, 0.2) is 54.7 Å². The third kappa shape index (κ3) is 2.56. The SMILES string of the molecule is N#Cc1cccc(CNCc2c[nH]c3ccccc23)c1. The normalized spacial score (nSPS) is 10.6. The van der Waals surface area contributed by atoms with E-state index < -0.39 is 0 Å². The van der Waals surface area contributed by atoms with Crippen LogP contribution in [0.4, 0.5) is 0 Å². The van der Waals surface area contributed by atoms with Gasteiger partial charge in [0.25, 0.3) is 0 Å². The van der Waals surface area contributed by atoms with E-state index in [0.717, 1.165) is 24.2 Å². The average Bonchev–Trinajstić information content (AvgIpc) is 2.91. The second-order valence-corrected chi connectivity index (χ2v) is 4.78. The summed E-state index contributed by atoms with van der Waals surface area (Å²) < 4.78 is 0. The van der Waals surface area contributed by atoms with E-state index >= 15 is 0 Å². The molecule has 0 aliphatic carbocycles. The van der Waals surface area contributed by atoms with Gasteiger partial charge in [0.15, 0.2) is 0 Å². The Labute approximate surface area is 117 Å². The summed E-state index contributed by atoms with van der Waals surface area (Å²) in [5.74, 6) is 0. The fourth-order valence-electron chi connectivity index (χ4n) is 2.37. The molecule has 0 aliphatic heterocycles. The summed E-state index contributed by atoms with van der Waals surface area (Å²) >= 11 is 0. The lowest BCUT2D eigenvalue weighted by Gasteiger charge is -2.04. The Morgan fingerprint density at radius 1 is 1.05 bits per heavy atom. The van der Waals surface area contributed by atoms with Crippen LogP contribution in [0.3, 0.4) is 0 Å². The topological polar surface area (TPSA) is 51.6 Å². The van der Waals surface area contributed by atoms with Gasteiger partial charge < -0.3 is 10.3 Å². The van der Waals surface area contributed by atoms with Crippen LogP contribution in [0, 0.1) is 11.3 Å². The average molecular weight is 261 g/mol. The van der Waals surface area contributed by atoms with E-state index in [0.29, 0.717) is 5.56 Å². The molecule has 0 aliphatic rings. The van der Waals surface area contributed by atoms with Crippen molar-refractivity contribution in [3.63, 3.8) is 0 Å². The van der Waals surface area contributed by atoms with Gasteiger partial charge in [0, 0.05) is 30.2 Å². The monoisotopic (exact) mass is 261 g/mol. The van der Waals surface area contributed by atoms with E-state index in [2.05, 4.69) is 34.6 Å². The zero-order chi connectivity index (χ0) is 13.8. The summed E-state index contributed by atoms with van der Waals surface area (Å²) in [7, 11) is 0. The first-order valence-electron chi connectivity index (χ1n) is 6.61. The molecule has 3 nitrogen and oxygen atoms in total. The molecule has 1 heterocycles. The van der Waals surface area contributed by atoms with Crippen molar-refractivity contribution in [1.82, 2.24) is 10.3 Å². The lowest BCUT2D eigenvalue weighted by Crippen LogP contribution is -2.12. The first kappa shape index (κ1) is 12.5. The maximum atomic E-state index is 8.88. The van der Waals surface area contributed by atoms with Crippen molar-refractivity contribution in [2.75, 3.05) is 0 Å². The summed E-state index contributed by atoms with van der Waals surface area (Å²) in [6.45, 7) is 1.57. The molecule has 0 atom stereocenters. The van der Waals surface area contributed by atoms with Crippen LogP contribution >= 0.6 is 0 Å². The van der Waals surface area contributed by atoms with Crippen LogP contribution < -0.4 is 5.32 Å². The molecule has 2 N–H and O–H groups in total. The van der Waals surface area contributed by atoms with Gasteiger partial charge in [-0.25, -0.2) is 0 Å². The van der Waals surface area contributed by atoms with Crippen molar-refractivity contribution < 1.29 is 0 Å². The highest BCUT2D eigenvalue weighted by Crippen LogP contribution is 2.17. The molecule has 0 amide bonds. The van der Waals surface area contributed by atoms with Crippen LogP contribution in [0.1, 0.15) is 16.7 Å². The predicted octanol–water partition coefficient (Wildman–Crippen LogP) is 3.33. The van der Waals surface area contributed by atoms with E-state index in [1.807, 2.05) is 36.5 Å². The standard InChI is InChI=1S/C17H15N3/c18-9-13-4-3-5-14(8-13)10-19-11-15-12-20-17-7-2-1-6-16(15)17/h1-8,12,19-20H,10-11H2. The number of fused-ring (bicyclic) bond motifs is 1. The first-order valence-corrected chi connectivity index (χ1v) is 6.61. The molecule has 1 aromatic heterocycles. The summed E-state index contributed by atoms with van der Waals surface area (Å²) in [5.41, 5.74) is 4.26. The van der Waals surface area contributed by atoms with E-state index in [-0.39, 0.29) is 0 Å². The highest BCUT2D eigenvalue weighted by molar-refractivity contribution is 5.82. The number of rotatable bonds is 4. The Hall–Kier alpha value is -2.57. The zero-order valence-electron chi connectivity index (χ0n) is 11.1. The third-order valence-electron chi connectivity index (χ3n) is 3.38. The summed E-state index contributed by atoms with van der Waals surface area (Å²) in [6, 6.07) is 18.1. The first-order chi connectivity index (χ1) is 9.86. The molecule has 0 saturated carbocycles. The molecule has 20 heavy (non-hydrogen) atoms. The number of benzene rings is 2. The van der Waals surface area contributed by atoms with Gasteiger partial charge in [-0.1, -0.05) is 30.3 Å². The Balaban J connectivity index is 1.66. The minimum absolute atomic E-state index is 0.705. The van der Waals surface area contributed by atoms with E-state index in [1.165, 1.54) is 10.9 Å². The number of aromatic amines is 1. The van der Waals surface area contributed by atoms with Gasteiger partial charge in [-0.15, -0.1) is 0 Å². The van der Waals surface area contributed by atoms with Crippen LogP contribution in [0.2, 0.25) is 0 Å². The minimum atomic E-state index is 0.705. The lowest BCUT2D eigenvalue weighted by molar-refractivity contribution is 0.696. The third-order valence-corrected chi connectivity index (χ3v) is 3.38. The summed E-state index contributed by atoms with van der Waals surface area (Å²) in [6.07, 6.45) is 2.05. The largest absolute Gasteiger partial charge is 0.361 e. The Kier molecular flexibility index (Phi) is 3.49. The van der Waals surface area contributed by atoms with Crippen LogP contribution in [0.25, 0.3) is 10.9 Å². The number of H-pyrrole nitrogens is 1. The van der Waals surface area contributed by atoms with Gasteiger partial charge in [0.05, 0.1) is 11.6 Å². The van der Waals surface area contributed by atoms with Gasteiger partial charge in [0.1, 0.15) is 0 Å². The van der Waals surface area contributed by atoms with Gasteiger partial charge >= 0.3 is 0 Å². The number of hydrogen-bond acceptors (Lipinski definition) is 2. The van der Waals surface area contributed by atoms with E-state index in [1.54, 1.807) is 0 Å². The molecule has 0 fully saturated rings.